The number of benzene rings is 1. The number of fused-ring (bicyclic) bond motifs is 1. The molecule has 1 aromatic carbocycles. The Labute approximate surface area is 158 Å². The number of alkyl halides is 3. The number of pyridine rings is 1. The third kappa shape index (κ3) is 3.93. The van der Waals surface area contributed by atoms with Gasteiger partial charge in [0.05, 0.1) is 11.3 Å². The average molecular weight is 397 g/mol. The van der Waals surface area contributed by atoms with Gasteiger partial charge in [0.1, 0.15) is 22.1 Å². The molecular weight excluding hydrogens is 381 g/mol. The second-order valence-corrected chi connectivity index (χ2v) is 7.32. The molecule has 8 heteroatoms. The number of hydrogen-bond acceptors (Lipinski definition) is 3. The molecule has 0 unspecified atom stereocenters. The van der Waals surface area contributed by atoms with Crippen LogP contribution in [-0.2, 0) is 10.9 Å². The number of nitrogens with zero attached hydrogens (tertiary/aromatic N) is 2. The largest absolute Gasteiger partial charge is 0.455 e. The van der Waals surface area contributed by atoms with Crippen LogP contribution >= 0.6 is 11.6 Å². The summed E-state index contributed by atoms with van der Waals surface area (Å²) in [6.45, 7) is 5.03. The summed E-state index contributed by atoms with van der Waals surface area (Å²) < 4.78 is 47.1. The number of ether oxygens (including phenoxy) is 1. The van der Waals surface area contributed by atoms with Crippen molar-refractivity contribution in [3.63, 3.8) is 0 Å². The zero-order chi connectivity index (χ0) is 20.0. The van der Waals surface area contributed by atoms with Gasteiger partial charge in [-0.15, -0.1) is 0 Å². The molecule has 0 amide bonds. The van der Waals surface area contributed by atoms with Crippen LogP contribution in [0.4, 0.5) is 13.2 Å². The van der Waals surface area contributed by atoms with Crippen LogP contribution in [0.25, 0.3) is 16.7 Å². The summed E-state index contributed by atoms with van der Waals surface area (Å²) in [7, 11) is 0. The molecule has 0 aliphatic heterocycles. The number of rotatable bonds is 2. The predicted molar refractivity (Wildman–Crippen MR) is 96.3 cm³/mol. The maximum absolute atomic E-state index is 13.5. The second kappa shape index (κ2) is 6.56. The summed E-state index contributed by atoms with van der Waals surface area (Å²) in [6.07, 6.45) is -4.61. The van der Waals surface area contributed by atoms with Gasteiger partial charge in [-0.25, -0.2) is 9.78 Å². The first-order valence-corrected chi connectivity index (χ1v) is 8.43. The van der Waals surface area contributed by atoms with Crippen LogP contribution in [0.2, 0.25) is 5.15 Å². The number of halogens is 4. The highest BCUT2D eigenvalue weighted by Crippen LogP contribution is 2.36. The zero-order valence-corrected chi connectivity index (χ0v) is 15.5. The van der Waals surface area contributed by atoms with Crippen molar-refractivity contribution in [3.8, 4) is 5.69 Å². The lowest BCUT2D eigenvalue weighted by molar-refractivity contribution is -0.137. The third-order valence-electron chi connectivity index (χ3n) is 3.67. The van der Waals surface area contributed by atoms with Crippen LogP contribution in [0.15, 0.2) is 42.5 Å². The maximum Gasteiger partial charge on any atom is 0.418 e. The van der Waals surface area contributed by atoms with E-state index in [0.717, 1.165) is 10.6 Å². The van der Waals surface area contributed by atoms with Crippen LogP contribution in [0.3, 0.4) is 0 Å². The summed E-state index contributed by atoms with van der Waals surface area (Å²) >= 11 is 5.94. The molecule has 3 rings (SSSR count). The van der Waals surface area contributed by atoms with Crippen molar-refractivity contribution in [2.24, 2.45) is 0 Å². The van der Waals surface area contributed by atoms with E-state index in [0.29, 0.717) is 5.39 Å². The van der Waals surface area contributed by atoms with Gasteiger partial charge < -0.3 is 4.74 Å². The Morgan fingerprint density at radius 2 is 1.78 bits per heavy atom. The van der Waals surface area contributed by atoms with Crippen molar-refractivity contribution in [1.29, 1.82) is 0 Å². The lowest BCUT2D eigenvalue weighted by atomic mass is 10.1. The van der Waals surface area contributed by atoms with E-state index in [1.165, 1.54) is 30.3 Å². The van der Waals surface area contributed by atoms with E-state index in [1.54, 1.807) is 26.8 Å². The molecule has 0 radical (unpaired) electrons. The highest BCUT2D eigenvalue weighted by molar-refractivity contribution is 6.29. The molecule has 0 aliphatic rings. The Morgan fingerprint density at radius 1 is 1.11 bits per heavy atom. The van der Waals surface area contributed by atoms with Gasteiger partial charge >= 0.3 is 12.1 Å². The summed E-state index contributed by atoms with van der Waals surface area (Å²) in [6, 6.07) is 9.50. The second-order valence-electron chi connectivity index (χ2n) is 6.93. The fraction of sp³-hybridized carbons (Fsp3) is 0.263. The minimum atomic E-state index is -4.61. The normalized spacial score (nSPS) is 12.4. The Hall–Kier alpha value is -2.54. The van der Waals surface area contributed by atoms with Gasteiger partial charge in [-0.2, -0.15) is 13.2 Å². The molecule has 27 heavy (non-hydrogen) atoms. The molecule has 0 atom stereocenters. The zero-order valence-electron chi connectivity index (χ0n) is 14.8. The van der Waals surface area contributed by atoms with E-state index < -0.39 is 23.3 Å². The van der Waals surface area contributed by atoms with Crippen molar-refractivity contribution in [1.82, 2.24) is 9.55 Å². The lowest BCUT2D eigenvalue weighted by Crippen LogP contribution is -2.25. The molecule has 0 bridgehead atoms. The first kappa shape index (κ1) is 19.2. The Morgan fingerprint density at radius 3 is 2.41 bits per heavy atom. The summed E-state index contributed by atoms with van der Waals surface area (Å²) in [5.74, 6) is -0.756. The fourth-order valence-electron chi connectivity index (χ4n) is 2.69. The number of carbonyl (C=O) groups excluding carboxylic acids is 1. The number of hydrogen-bond donors (Lipinski definition) is 0. The van der Waals surface area contributed by atoms with Crippen LogP contribution in [0.1, 0.15) is 36.8 Å². The van der Waals surface area contributed by atoms with Gasteiger partial charge in [0.2, 0.25) is 0 Å². The molecule has 3 aromatic rings. The molecule has 0 saturated heterocycles. The van der Waals surface area contributed by atoms with Crippen molar-refractivity contribution in [3.05, 3.63) is 58.9 Å². The Balaban J connectivity index is 2.33. The Bertz CT molecular complexity index is 1020. The average Bonchev–Trinajstić information content (AvgIpc) is 2.91. The molecule has 0 saturated carbocycles. The van der Waals surface area contributed by atoms with Crippen LogP contribution < -0.4 is 0 Å². The van der Waals surface area contributed by atoms with Crippen molar-refractivity contribution < 1.29 is 22.7 Å². The molecule has 0 aliphatic carbocycles. The van der Waals surface area contributed by atoms with Crippen molar-refractivity contribution in [2.45, 2.75) is 32.5 Å². The predicted octanol–water partition coefficient (Wildman–Crippen LogP) is 5.65. The van der Waals surface area contributed by atoms with E-state index in [-0.39, 0.29) is 22.2 Å². The van der Waals surface area contributed by atoms with Gasteiger partial charge in [0.25, 0.3) is 0 Å². The SMILES string of the molecule is CC(C)(C)OC(=O)c1cc2ccc(Cl)nc2n1-c1ccccc1C(F)(F)F. The van der Waals surface area contributed by atoms with Crippen LogP contribution in [-0.4, -0.2) is 21.1 Å². The molecule has 2 heterocycles. The topological polar surface area (TPSA) is 44.1 Å². The highest BCUT2D eigenvalue weighted by Gasteiger charge is 2.35. The number of para-hydroxylation sites is 1. The van der Waals surface area contributed by atoms with Crippen molar-refractivity contribution >= 4 is 28.6 Å². The Kier molecular flexibility index (Phi) is 4.67. The molecular formula is C19H16ClF3N2O2. The fourth-order valence-corrected chi connectivity index (χ4v) is 2.83. The van der Waals surface area contributed by atoms with E-state index in [9.17, 15) is 18.0 Å². The van der Waals surface area contributed by atoms with Crippen molar-refractivity contribution in [2.75, 3.05) is 0 Å². The van der Waals surface area contributed by atoms with Crippen LogP contribution in [0.5, 0.6) is 0 Å². The smallest absolute Gasteiger partial charge is 0.418 e. The van der Waals surface area contributed by atoms with Gasteiger partial charge in [-0.1, -0.05) is 23.7 Å². The van der Waals surface area contributed by atoms with E-state index in [4.69, 9.17) is 16.3 Å². The standard InChI is InChI=1S/C19H16ClF3N2O2/c1-18(2,3)27-17(26)14-10-11-8-9-15(20)24-16(11)25(14)13-7-5-4-6-12(13)19(21,22)23/h4-10H,1-3H3. The van der Waals surface area contributed by atoms with E-state index in [1.807, 2.05) is 0 Å². The van der Waals surface area contributed by atoms with Gasteiger partial charge in [0, 0.05) is 5.39 Å². The van der Waals surface area contributed by atoms with Crippen LogP contribution in [0, 0.1) is 0 Å². The number of aromatic nitrogens is 2. The molecule has 0 spiro atoms. The first-order valence-electron chi connectivity index (χ1n) is 8.05. The highest BCUT2D eigenvalue weighted by atomic mass is 35.5. The summed E-state index contributed by atoms with van der Waals surface area (Å²) in [4.78, 5) is 16.8. The number of esters is 1. The molecule has 0 N–H and O–H groups in total. The minimum Gasteiger partial charge on any atom is -0.455 e. The molecule has 0 fully saturated rings. The lowest BCUT2D eigenvalue weighted by Gasteiger charge is -2.21. The molecule has 4 nitrogen and oxygen atoms in total. The van der Waals surface area contributed by atoms with Gasteiger partial charge in [-0.05, 0) is 51.1 Å². The van der Waals surface area contributed by atoms with Gasteiger partial charge in [0.15, 0.2) is 0 Å². The quantitative estimate of drug-likeness (QED) is 0.415. The molecule has 2 aromatic heterocycles. The van der Waals surface area contributed by atoms with E-state index in [2.05, 4.69) is 4.98 Å². The van der Waals surface area contributed by atoms with E-state index >= 15 is 0 Å². The first-order chi connectivity index (χ1) is 12.5. The molecule has 142 valence electrons. The minimum absolute atomic E-state index is 0.0635. The van der Waals surface area contributed by atoms with Gasteiger partial charge in [-0.3, -0.25) is 4.57 Å². The third-order valence-corrected chi connectivity index (χ3v) is 3.89. The number of carbonyl (C=O) groups is 1. The summed E-state index contributed by atoms with van der Waals surface area (Å²) in [5.41, 5.74) is -1.86. The summed E-state index contributed by atoms with van der Waals surface area (Å²) in [5, 5.41) is 0.569. The monoisotopic (exact) mass is 396 g/mol. The maximum atomic E-state index is 13.5.